The van der Waals surface area contributed by atoms with Crippen LogP contribution in [0.1, 0.15) is 9.75 Å². The number of nitrogens with one attached hydrogen (secondary N) is 1. The monoisotopic (exact) mass is 394 g/mol. The molecule has 4 nitrogen and oxygen atoms in total. The van der Waals surface area contributed by atoms with E-state index >= 15 is 0 Å². The first-order valence-electron chi connectivity index (χ1n) is 5.60. The lowest BCUT2D eigenvalue weighted by Crippen LogP contribution is -2.13. The van der Waals surface area contributed by atoms with E-state index in [1.165, 1.54) is 11.3 Å². The number of nitrogens with two attached hydrogens (primary N) is 1. The number of hydrogen-bond acceptors (Lipinski definition) is 4. The Balaban J connectivity index is 2.35. The van der Waals surface area contributed by atoms with E-state index < -0.39 is 10.0 Å². The first-order chi connectivity index (χ1) is 9.33. The average molecular weight is 396 g/mol. The highest BCUT2D eigenvalue weighted by Crippen LogP contribution is 2.29. The lowest BCUT2D eigenvalue weighted by Gasteiger charge is -2.08. The number of rotatable bonds is 4. The van der Waals surface area contributed by atoms with Gasteiger partial charge in [0.1, 0.15) is 4.90 Å². The number of halogens is 2. The highest BCUT2D eigenvalue weighted by Gasteiger charge is 2.20. The standard InChI is InChI=1S/C12H12BrClN2O2S2/c1-7-12(5-9(6-15)19-7)20(17,18)16-8-2-3-11(14)10(13)4-8/h2-5,16H,6,15H2,1H3. The molecule has 20 heavy (non-hydrogen) atoms. The molecule has 1 aromatic heterocycles. The molecule has 108 valence electrons. The number of thiophene rings is 1. The summed E-state index contributed by atoms with van der Waals surface area (Å²) in [5, 5.41) is 0.519. The summed E-state index contributed by atoms with van der Waals surface area (Å²) in [6, 6.07) is 6.45. The number of benzene rings is 1. The summed E-state index contributed by atoms with van der Waals surface area (Å²) in [6.07, 6.45) is 0. The van der Waals surface area contributed by atoms with Crippen LogP contribution >= 0.6 is 38.9 Å². The zero-order valence-electron chi connectivity index (χ0n) is 10.5. The zero-order valence-corrected chi connectivity index (χ0v) is 14.5. The zero-order chi connectivity index (χ0) is 14.9. The first kappa shape index (κ1) is 15.8. The van der Waals surface area contributed by atoms with Crippen LogP contribution in [0.2, 0.25) is 5.02 Å². The van der Waals surface area contributed by atoms with E-state index in [9.17, 15) is 8.42 Å². The molecule has 0 amide bonds. The normalized spacial score (nSPS) is 11.6. The number of hydrogen-bond donors (Lipinski definition) is 2. The van der Waals surface area contributed by atoms with Gasteiger partial charge in [-0.25, -0.2) is 8.42 Å². The predicted molar refractivity (Wildman–Crippen MR) is 86.9 cm³/mol. The van der Waals surface area contributed by atoms with Crippen LogP contribution in [0.15, 0.2) is 33.6 Å². The van der Waals surface area contributed by atoms with Crippen molar-refractivity contribution in [3.8, 4) is 0 Å². The van der Waals surface area contributed by atoms with Crippen molar-refractivity contribution in [2.24, 2.45) is 5.73 Å². The maximum atomic E-state index is 12.4. The van der Waals surface area contributed by atoms with Crippen LogP contribution in [0.25, 0.3) is 0 Å². The van der Waals surface area contributed by atoms with E-state index in [2.05, 4.69) is 20.7 Å². The SMILES string of the molecule is Cc1sc(CN)cc1S(=O)(=O)Nc1ccc(Cl)c(Br)c1. The second-order valence-corrected chi connectivity index (χ2v) is 8.32. The molecule has 0 unspecified atom stereocenters. The van der Waals surface area contributed by atoms with Gasteiger partial charge < -0.3 is 5.73 Å². The molecular weight excluding hydrogens is 384 g/mol. The third kappa shape index (κ3) is 3.35. The van der Waals surface area contributed by atoms with E-state index in [1.807, 2.05) is 0 Å². The minimum Gasteiger partial charge on any atom is -0.326 e. The third-order valence-electron chi connectivity index (χ3n) is 2.59. The Labute approximate surface area is 135 Å². The Kier molecular flexibility index (Phi) is 4.76. The quantitative estimate of drug-likeness (QED) is 0.828. The van der Waals surface area contributed by atoms with Gasteiger partial charge in [0.25, 0.3) is 10.0 Å². The lowest BCUT2D eigenvalue weighted by molar-refractivity contribution is 0.601. The Bertz CT molecular complexity index is 744. The Morgan fingerprint density at radius 3 is 2.65 bits per heavy atom. The Hall–Kier alpha value is -0.600. The molecule has 8 heteroatoms. The highest BCUT2D eigenvalue weighted by atomic mass is 79.9. The summed E-state index contributed by atoms with van der Waals surface area (Å²) in [6.45, 7) is 2.09. The van der Waals surface area contributed by atoms with Crippen LogP contribution in [-0.4, -0.2) is 8.42 Å². The minimum atomic E-state index is -3.62. The molecule has 2 rings (SSSR count). The fourth-order valence-corrected chi connectivity index (χ4v) is 4.72. The molecular formula is C12H12BrClN2O2S2. The maximum absolute atomic E-state index is 12.4. The van der Waals surface area contributed by atoms with Crippen molar-refractivity contribution in [2.75, 3.05) is 4.72 Å². The maximum Gasteiger partial charge on any atom is 0.263 e. The van der Waals surface area contributed by atoms with Crippen LogP contribution in [-0.2, 0) is 16.6 Å². The second kappa shape index (κ2) is 6.03. The van der Waals surface area contributed by atoms with Gasteiger partial charge in [-0.2, -0.15) is 0 Å². The molecule has 0 radical (unpaired) electrons. The number of anilines is 1. The molecule has 0 atom stereocenters. The first-order valence-corrected chi connectivity index (χ1v) is 9.08. The van der Waals surface area contributed by atoms with E-state index in [0.717, 1.165) is 4.88 Å². The summed E-state index contributed by atoms with van der Waals surface area (Å²) in [7, 11) is -3.62. The molecule has 3 N–H and O–H groups in total. The van der Waals surface area contributed by atoms with Crippen molar-refractivity contribution in [3.05, 3.63) is 43.5 Å². The minimum absolute atomic E-state index is 0.258. The van der Waals surface area contributed by atoms with Crippen LogP contribution < -0.4 is 10.5 Å². The van der Waals surface area contributed by atoms with Gasteiger partial charge in [-0.1, -0.05) is 11.6 Å². The van der Waals surface area contributed by atoms with Crippen molar-refractivity contribution < 1.29 is 8.42 Å². The van der Waals surface area contributed by atoms with Crippen LogP contribution in [0.4, 0.5) is 5.69 Å². The van der Waals surface area contributed by atoms with E-state index in [4.69, 9.17) is 17.3 Å². The lowest BCUT2D eigenvalue weighted by atomic mass is 10.3. The van der Waals surface area contributed by atoms with Gasteiger partial charge in [-0.05, 0) is 47.1 Å². The molecule has 0 fully saturated rings. The van der Waals surface area contributed by atoms with Crippen LogP contribution in [0, 0.1) is 6.92 Å². The largest absolute Gasteiger partial charge is 0.326 e. The average Bonchev–Trinajstić information content (AvgIpc) is 2.76. The highest BCUT2D eigenvalue weighted by molar-refractivity contribution is 9.10. The Morgan fingerprint density at radius 1 is 1.40 bits per heavy atom. The summed E-state index contributed by atoms with van der Waals surface area (Å²) < 4.78 is 27.9. The molecule has 1 aromatic carbocycles. The molecule has 0 aliphatic rings. The fraction of sp³-hybridized carbons (Fsp3) is 0.167. The number of sulfonamides is 1. The summed E-state index contributed by atoms with van der Waals surface area (Å²) in [4.78, 5) is 1.81. The van der Waals surface area contributed by atoms with Crippen molar-refractivity contribution in [3.63, 3.8) is 0 Å². The van der Waals surface area contributed by atoms with Crippen molar-refractivity contribution in [1.29, 1.82) is 0 Å². The fourth-order valence-electron chi connectivity index (χ4n) is 1.66. The van der Waals surface area contributed by atoms with Gasteiger partial charge in [-0.15, -0.1) is 11.3 Å². The molecule has 0 aliphatic carbocycles. The summed E-state index contributed by atoms with van der Waals surface area (Å²) in [5.41, 5.74) is 5.98. The van der Waals surface area contributed by atoms with Gasteiger partial charge in [0.05, 0.1) is 10.7 Å². The summed E-state index contributed by atoms with van der Waals surface area (Å²) >= 11 is 10.5. The van der Waals surface area contributed by atoms with Crippen LogP contribution in [0.5, 0.6) is 0 Å². The Morgan fingerprint density at radius 2 is 2.10 bits per heavy atom. The van der Waals surface area contributed by atoms with Crippen molar-refractivity contribution in [2.45, 2.75) is 18.4 Å². The summed E-state index contributed by atoms with van der Waals surface area (Å²) in [5.74, 6) is 0. The molecule has 0 saturated heterocycles. The smallest absolute Gasteiger partial charge is 0.263 e. The van der Waals surface area contributed by atoms with Crippen molar-refractivity contribution in [1.82, 2.24) is 0 Å². The molecule has 1 heterocycles. The van der Waals surface area contributed by atoms with E-state index in [-0.39, 0.29) is 4.90 Å². The topological polar surface area (TPSA) is 72.2 Å². The second-order valence-electron chi connectivity index (χ2n) is 4.07. The molecule has 0 bridgehead atoms. The molecule has 0 saturated carbocycles. The predicted octanol–water partition coefficient (Wildman–Crippen LogP) is 3.73. The number of aryl methyl sites for hydroxylation is 1. The third-order valence-corrected chi connectivity index (χ3v) is 6.51. The van der Waals surface area contributed by atoms with E-state index in [0.29, 0.717) is 26.6 Å². The van der Waals surface area contributed by atoms with Crippen molar-refractivity contribution >= 4 is 54.6 Å². The van der Waals surface area contributed by atoms with Gasteiger partial charge in [0.15, 0.2) is 0 Å². The molecule has 0 spiro atoms. The van der Waals surface area contributed by atoms with E-state index in [1.54, 1.807) is 31.2 Å². The van der Waals surface area contributed by atoms with Gasteiger partial charge in [0, 0.05) is 20.8 Å². The molecule has 2 aromatic rings. The van der Waals surface area contributed by atoms with Gasteiger partial charge >= 0.3 is 0 Å². The van der Waals surface area contributed by atoms with Gasteiger partial charge in [-0.3, -0.25) is 4.72 Å². The van der Waals surface area contributed by atoms with Gasteiger partial charge in [0.2, 0.25) is 0 Å². The molecule has 0 aliphatic heterocycles. The van der Waals surface area contributed by atoms with Crippen LogP contribution in [0.3, 0.4) is 0 Å².